The van der Waals surface area contributed by atoms with Gasteiger partial charge in [0.1, 0.15) is 18.0 Å². The molecule has 0 radical (unpaired) electrons. The third-order valence-corrected chi connectivity index (χ3v) is 3.11. The maximum atomic E-state index is 9.80. The number of aliphatic hydroxyl groups is 2. The van der Waals surface area contributed by atoms with Crippen LogP contribution in [0.5, 0.6) is 5.75 Å². The summed E-state index contributed by atoms with van der Waals surface area (Å²) in [6.07, 6.45) is -0.800. The predicted octanol–water partition coefficient (Wildman–Crippen LogP) is 1.98. The first kappa shape index (κ1) is 12.1. The maximum absolute atomic E-state index is 9.80. The molecule has 0 aliphatic carbocycles. The Kier molecular flexibility index (Phi) is 3.22. The fraction of sp³-hybridized carbons (Fsp3) is 0.429. The summed E-state index contributed by atoms with van der Waals surface area (Å²) in [5.41, 5.74) is 2.79. The van der Waals surface area contributed by atoms with E-state index in [4.69, 9.17) is 4.74 Å². The summed E-state index contributed by atoms with van der Waals surface area (Å²) < 4.78 is 5.72. The molecule has 3 atom stereocenters. The molecule has 2 N–H and O–H groups in total. The molecular formula is C14H18O3. The molecule has 1 heterocycles. The van der Waals surface area contributed by atoms with Crippen molar-refractivity contribution in [1.29, 1.82) is 0 Å². The lowest BCUT2D eigenvalue weighted by molar-refractivity contribution is 0.0305. The quantitative estimate of drug-likeness (QED) is 0.786. The van der Waals surface area contributed by atoms with Crippen LogP contribution in [0.25, 0.3) is 0 Å². The molecule has 0 saturated carbocycles. The van der Waals surface area contributed by atoms with Crippen LogP contribution in [0.1, 0.15) is 31.1 Å². The van der Waals surface area contributed by atoms with Crippen LogP contribution >= 0.6 is 0 Å². The summed E-state index contributed by atoms with van der Waals surface area (Å²) in [7, 11) is 0. The number of benzene rings is 1. The third-order valence-electron chi connectivity index (χ3n) is 3.11. The van der Waals surface area contributed by atoms with E-state index in [0.717, 1.165) is 28.9 Å². The highest BCUT2D eigenvalue weighted by Gasteiger charge is 2.25. The van der Waals surface area contributed by atoms with Crippen LogP contribution in [-0.4, -0.2) is 22.4 Å². The minimum absolute atomic E-state index is 0.0314. The number of aliphatic hydroxyl groups excluding tert-OH is 2. The second kappa shape index (κ2) is 4.51. The van der Waals surface area contributed by atoms with Crippen molar-refractivity contribution >= 4 is 0 Å². The van der Waals surface area contributed by atoms with Crippen LogP contribution in [-0.2, 0) is 6.42 Å². The molecule has 3 heteroatoms. The smallest absolute Gasteiger partial charge is 0.123 e. The van der Waals surface area contributed by atoms with Gasteiger partial charge in [0.15, 0.2) is 0 Å². The van der Waals surface area contributed by atoms with Crippen LogP contribution < -0.4 is 4.74 Å². The van der Waals surface area contributed by atoms with E-state index in [0.29, 0.717) is 0 Å². The molecule has 92 valence electrons. The van der Waals surface area contributed by atoms with Crippen molar-refractivity contribution in [3.05, 3.63) is 41.5 Å². The summed E-state index contributed by atoms with van der Waals surface area (Å²) in [6, 6.07) is 5.53. The highest BCUT2D eigenvalue weighted by molar-refractivity contribution is 5.43. The SMILES string of the molecule is C=C(C)[C@@H]1Cc2cc(C(O)C(C)O)ccc2O1. The van der Waals surface area contributed by atoms with Gasteiger partial charge in [0, 0.05) is 6.42 Å². The van der Waals surface area contributed by atoms with Gasteiger partial charge < -0.3 is 14.9 Å². The van der Waals surface area contributed by atoms with Crippen molar-refractivity contribution < 1.29 is 14.9 Å². The van der Waals surface area contributed by atoms with Crippen LogP contribution in [0.4, 0.5) is 0 Å². The Balaban J connectivity index is 2.24. The molecule has 0 aromatic heterocycles. The molecular weight excluding hydrogens is 216 g/mol. The first-order valence-corrected chi connectivity index (χ1v) is 5.80. The van der Waals surface area contributed by atoms with Crippen molar-refractivity contribution in [2.75, 3.05) is 0 Å². The van der Waals surface area contributed by atoms with Crippen LogP contribution in [0, 0.1) is 0 Å². The highest BCUT2D eigenvalue weighted by Crippen LogP contribution is 2.33. The number of rotatable bonds is 3. The summed E-state index contributed by atoms with van der Waals surface area (Å²) >= 11 is 0. The van der Waals surface area contributed by atoms with E-state index in [1.54, 1.807) is 13.0 Å². The van der Waals surface area contributed by atoms with Gasteiger partial charge in [-0.25, -0.2) is 0 Å². The predicted molar refractivity (Wildman–Crippen MR) is 66.0 cm³/mol. The van der Waals surface area contributed by atoms with Crippen molar-refractivity contribution in [2.24, 2.45) is 0 Å². The lowest BCUT2D eigenvalue weighted by Crippen LogP contribution is -2.14. The van der Waals surface area contributed by atoms with Crippen molar-refractivity contribution in [3.8, 4) is 5.75 Å². The Labute approximate surface area is 101 Å². The van der Waals surface area contributed by atoms with Crippen molar-refractivity contribution in [3.63, 3.8) is 0 Å². The second-order valence-corrected chi connectivity index (χ2v) is 4.71. The standard InChI is InChI=1S/C14H18O3/c1-8(2)13-7-11-6-10(14(16)9(3)15)4-5-12(11)17-13/h4-6,9,13-16H,1,7H2,2-3H3/t9?,13-,14?/m0/s1. The maximum Gasteiger partial charge on any atom is 0.123 e. The molecule has 0 amide bonds. The van der Waals surface area contributed by atoms with Crippen LogP contribution in [0.2, 0.25) is 0 Å². The van der Waals surface area contributed by atoms with Gasteiger partial charge in [-0.05, 0) is 42.7 Å². The Bertz CT molecular complexity index is 437. The van der Waals surface area contributed by atoms with E-state index in [1.807, 2.05) is 19.1 Å². The summed E-state index contributed by atoms with van der Waals surface area (Å²) in [5.74, 6) is 0.847. The summed E-state index contributed by atoms with van der Waals surface area (Å²) in [5, 5.41) is 19.2. The number of hydrogen-bond donors (Lipinski definition) is 2. The highest BCUT2D eigenvalue weighted by atomic mass is 16.5. The lowest BCUT2D eigenvalue weighted by atomic mass is 9.99. The number of fused-ring (bicyclic) bond motifs is 1. The van der Waals surface area contributed by atoms with E-state index in [2.05, 4.69) is 6.58 Å². The Hall–Kier alpha value is -1.32. The van der Waals surface area contributed by atoms with Gasteiger partial charge in [-0.2, -0.15) is 0 Å². The largest absolute Gasteiger partial charge is 0.485 e. The fourth-order valence-corrected chi connectivity index (χ4v) is 2.01. The minimum atomic E-state index is -0.843. The molecule has 2 rings (SSSR count). The molecule has 2 unspecified atom stereocenters. The third kappa shape index (κ3) is 2.35. The molecule has 0 bridgehead atoms. The average Bonchev–Trinajstić information content (AvgIpc) is 2.70. The van der Waals surface area contributed by atoms with Gasteiger partial charge in [-0.3, -0.25) is 0 Å². The molecule has 0 spiro atoms. The van der Waals surface area contributed by atoms with Gasteiger partial charge in [0.2, 0.25) is 0 Å². The van der Waals surface area contributed by atoms with Crippen LogP contribution in [0.15, 0.2) is 30.4 Å². The van der Waals surface area contributed by atoms with E-state index in [9.17, 15) is 10.2 Å². The molecule has 1 aromatic carbocycles. The Morgan fingerprint density at radius 2 is 2.18 bits per heavy atom. The van der Waals surface area contributed by atoms with Gasteiger partial charge in [0.25, 0.3) is 0 Å². The monoisotopic (exact) mass is 234 g/mol. The summed E-state index contributed by atoms with van der Waals surface area (Å²) in [4.78, 5) is 0. The van der Waals surface area contributed by atoms with Gasteiger partial charge in [-0.1, -0.05) is 12.6 Å². The van der Waals surface area contributed by atoms with E-state index >= 15 is 0 Å². The summed E-state index contributed by atoms with van der Waals surface area (Å²) in [6.45, 7) is 7.41. The average molecular weight is 234 g/mol. The van der Waals surface area contributed by atoms with Gasteiger partial charge in [0.05, 0.1) is 6.10 Å². The molecule has 1 aromatic rings. The van der Waals surface area contributed by atoms with Crippen LogP contribution in [0.3, 0.4) is 0 Å². The first-order chi connectivity index (χ1) is 7.99. The zero-order valence-corrected chi connectivity index (χ0v) is 10.2. The Morgan fingerprint density at radius 3 is 2.76 bits per heavy atom. The molecule has 17 heavy (non-hydrogen) atoms. The number of ether oxygens (including phenoxy) is 1. The molecule has 1 aliphatic heterocycles. The fourth-order valence-electron chi connectivity index (χ4n) is 2.01. The first-order valence-electron chi connectivity index (χ1n) is 5.80. The lowest BCUT2D eigenvalue weighted by Gasteiger charge is -2.14. The minimum Gasteiger partial charge on any atom is -0.485 e. The second-order valence-electron chi connectivity index (χ2n) is 4.71. The van der Waals surface area contributed by atoms with E-state index in [1.165, 1.54) is 0 Å². The normalized spacial score (nSPS) is 21.5. The molecule has 0 fully saturated rings. The van der Waals surface area contributed by atoms with E-state index in [-0.39, 0.29) is 6.10 Å². The Morgan fingerprint density at radius 1 is 1.47 bits per heavy atom. The molecule has 1 aliphatic rings. The topological polar surface area (TPSA) is 49.7 Å². The zero-order valence-electron chi connectivity index (χ0n) is 10.2. The van der Waals surface area contributed by atoms with E-state index < -0.39 is 12.2 Å². The molecule has 3 nitrogen and oxygen atoms in total. The number of hydrogen-bond acceptors (Lipinski definition) is 3. The van der Waals surface area contributed by atoms with Gasteiger partial charge >= 0.3 is 0 Å². The van der Waals surface area contributed by atoms with Crippen molar-refractivity contribution in [1.82, 2.24) is 0 Å². The zero-order chi connectivity index (χ0) is 12.6. The van der Waals surface area contributed by atoms with Crippen molar-refractivity contribution in [2.45, 2.75) is 38.6 Å². The van der Waals surface area contributed by atoms with Gasteiger partial charge in [-0.15, -0.1) is 0 Å². The molecule has 0 saturated heterocycles.